The number of carbonyl (C=O) groups is 3. The number of carboxylic acid groups (broad SMARTS) is 1. The Bertz CT molecular complexity index is 1190. The van der Waals surface area contributed by atoms with Crippen LogP contribution in [-0.2, 0) is 19.1 Å². The van der Waals surface area contributed by atoms with E-state index in [0.717, 1.165) is 44.1 Å². The van der Waals surface area contributed by atoms with E-state index in [9.17, 15) is 19.5 Å². The van der Waals surface area contributed by atoms with Gasteiger partial charge in [0.1, 0.15) is 17.3 Å². The first-order chi connectivity index (χ1) is 18.3. The first-order valence-electron chi connectivity index (χ1n) is 15.7. The summed E-state index contributed by atoms with van der Waals surface area (Å²) in [7, 11) is 0. The minimum atomic E-state index is -1.10. The maximum absolute atomic E-state index is 13.4. The van der Waals surface area contributed by atoms with Crippen molar-refractivity contribution < 1.29 is 24.2 Å². The molecule has 0 aromatic rings. The summed E-state index contributed by atoms with van der Waals surface area (Å²) < 4.78 is 6.08. The van der Waals surface area contributed by atoms with Crippen molar-refractivity contribution in [2.75, 3.05) is 0 Å². The summed E-state index contributed by atoms with van der Waals surface area (Å²) in [6, 6.07) is 0. The molecule has 1 N–H and O–H groups in total. The van der Waals surface area contributed by atoms with Crippen LogP contribution in [0.25, 0.3) is 0 Å². The molecule has 0 radical (unpaired) electrons. The van der Waals surface area contributed by atoms with Crippen LogP contribution in [0.5, 0.6) is 0 Å². The number of ether oxygens (including phenoxy) is 1. The summed E-state index contributed by atoms with van der Waals surface area (Å²) in [5.41, 5.74) is 0.612. The Morgan fingerprint density at radius 1 is 0.950 bits per heavy atom. The number of aliphatic carboxylic acids is 1. The number of carboxylic acids is 1. The predicted octanol–water partition coefficient (Wildman–Crippen LogP) is 7.93. The molecule has 5 heteroatoms. The van der Waals surface area contributed by atoms with Crippen molar-refractivity contribution in [3.63, 3.8) is 0 Å². The molecule has 0 amide bonds. The molecule has 8 unspecified atom stereocenters. The first kappa shape index (κ1) is 29.6. The number of esters is 1. The van der Waals surface area contributed by atoms with Crippen molar-refractivity contribution >= 4 is 17.7 Å². The topological polar surface area (TPSA) is 80.7 Å². The monoisotopic (exact) mass is 552 g/mol. The van der Waals surface area contributed by atoms with E-state index in [-0.39, 0.29) is 33.0 Å². The molecule has 40 heavy (non-hydrogen) atoms. The Labute approximate surface area is 241 Å². The van der Waals surface area contributed by atoms with Crippen molar-refractivity contribution in [3.05, 3.63) is 23.3 Å². The van der Waals surface area contributed by atoms with Crippen LogP contribution in [0.2, 0.25) is 0 Å². The third kappa shape index (κ3) is 3.87. The summed E-state index contributed by atoms with van der Waals surface area (Å²) >= 11 is 0. The zero-order chi connectivity index (χ0) is 29.7. The van der Waals surface area contributed by atoms with Gasteiger partial charge in [-0.25, -0.2) is 4.79 Å². The summed E-state index contributed by atoms with van der Waals surface area (Å²) in [6.45, 7) is 19.8. The number of allylic oxidation sites excluding steroid dienone is 3. The molecule has 0 spiro atoms. The summed E-state index contributed by atoms with van der Waals surface area (Å²) in [6.07, 6.45) is 10.6. The van der Waals surface area contributed by atoms with E-state index >= 15 is 0 Å². The van der Waals surface area contributed by atoms with Crippen molar-refractivity contribution in [2.24, 2.45) is 50.2 Å². The molecule has 0 aromatic carbocycles. The average Bonchev–Trinajstić information content (AvgIpc) is 2.81. The van der Waals surface area contributed by atoms with Crippen LogP contribution in [0.1, 0.15) is 120 Å². The standard InChI is InChI=1S/C35H52O5/c1-21(2)18-28(37)40-27-20-30(3,4)19-23-22-10-11-25-32(7)14-13-26(36)31(5,6)24(32)12-15-34(25,9)33(22,8)16-17-35(23,27)29(38)39/h10,18,23-25,27H,11-17,19-20H2,1-9H3,(H,38,39). The van der Waals surface area contributed by atoms with Crippen LogP contribution in [0.4, 0.5) is 0 Å². The van der Waals surface area contributed by atoms with Gasteiger partial charge in [0.15, 0.2) is 0 Å². The van der Waals surface area contributed by atoms with Gasteiger partial charge in [0.05, 0.1) is 0 Å². The Morgan fingerprint density at radius 3 is 2.25 bits per heavy atom. The van der Waals surface area contributed by atoms with Crippen molar-refractivity contribution in [1.29, 1.82) is 0 Å². The summed E-state index contributed by atoms with van der Waals surface area (Å²) in [5.74, 6) is -0.155. The van der Waals surface area contributed by atoms with E-state index in [4.69, 9.17) is 4.74 Å². The molecule has 0 heterocycles. The van der Waals surface area contributed by atoms with Crippen LogP contribution in [0, 0.1) is 50.2 Å². The highest BCUT2D eigenvalue weighted by atomic mass is 16.5. The smallest absolute Gasteiger partial charge is 0.330 e. The molecule has 5 aliphatic carbocycles. The maximum atomic E-state index is 13.4. The van der Waals surface area contributed by atoms with Gasteiger partial charge in [0.25, 0.3) is 0 Å². The number of hydrogen-bond acceptors (Lipinski definition) is 4. The van der Waals surface area contributed by atoms with Gasteiger partial charge in [0, 0.05) is 23.8 Å². The van der Waals surface area contributed by atoms with E-state index < -0.39 is 23.5 Å². The fraction of sp³-hybridized carbons (Fsp3) is 0.800. The quantitative estimate of drug-likeness (QED) is 0.218. The molecule has 222 valence electrons. The van der Waals surface area contributed by atoms with Crippen molar-refractivity contribution in [2.45, 2.75) is 126 Å². The number of ketones is 1. The maximum Gasteiger partial charge on any atom is 0.330 e. The molecule has 5 nitrogen and oxygen atoms in total. The zero-order valence-corrected chi connectivity index (χ0v) is 26.4. The Hall–Kier alpha value is -1.91. The SMILES string of the molecule is CC(C)=CC(=O)OC1CC(C)(C)CC2C3=CCC4C5(C)CCC(=O)C(C)(C)C5CCC4(C)C3(C)CCC12C(=O)O. The lowest BCUT2D eigenvalue weighted by Crippen LogP contribution is -2.66. The molecule has 0 aromatic heterocycles. The Morgan fingerprint density at radius 2 is 1.62 bits per heavy atom. The third-order valence-corrected chi connectivity index (χ3v) is 13.4. The Balaban J connectivity index is 1.60. The van der Waals surface area contributed by atoms with Gasteiger partial charge in [-0.05, 0) is 98.7 Å². The van der Waals surface area contributed by atoms with Crippen LogP contribution < -0.4 is 0 Å². The molecule has 8 atom stereocenters. The molecule has 4 saturated carbocycles. The number of rotatable bonds is 3. The average molecular weight is 553 g/mol. The van der Waals surface area contributed by atoms with E-state index in [2.05, 4.69) is 54.5 Å². The highest BCUT2D eigenvalue weighted by molar-refractivity contribution is 5.86. The van der Waals surface area contributed by atoms with Gasteiger partial charge in [-0.3, -0.25) is 9.59 Å². The molecular weight excluding hydrogens is 500 g/mol. The highest BCUT2D eigenvalue weighted by Crippen LogP contribution is 2.75. The second-order valence-electron chi connectivity index (χ2n) is 16.6. The highest BCUT2D eigenvalue weighted by Gasteiger charge is 2.71. The zero-order valence-electron chi connectivity index (χ0n) is 26.4. The van der Waals surface area contributed by atoms with Gasteiger partial charge in [0.2, 0.25) is 0 Å². The number of Topliss-reactive ketones (excluding diaryl/α,β-unsaturated/α-hetero) is 1. The van der Waals surface area contributed by atoms with E-state index in [0.29, 0.717) is 36.9 Å². The van der Waals surface area contributed by atoms with E-state index in [1.165, 1.54) is 11.6 Å². The summed E-state index contributed by atoms with van der Waals surface area (Å²) in [4.78, 5) is 39.2. The lowest BCUT2D eigenvalue weighted by Gasteiger charge is -2.70. The third-order valence-electron chi connectivity index (χ3n) is 13.4. The molecule has 4 fully saturated rings. The second-order valence-corrected chi connectivity index (χ2v) is 16.6. The van der Waals surface area contributed by atoms with Crippen LogP contribution >= 0.6 is 0 Å². The van der Waals surface area contributed by atoms with E-state index in [1.807, 2.05) is 13.8 Å². The largest absolute Gasteiger partial charge is 0.481 e. The molecule has 0 bridgehead atoms. The van der Waals surface area contributed by atoms with Gasteiger partial charge >= 0.3 is 11.9 Å². The number of hydrogen-bond donors (Lipinski definition) is 1. The first-order valence-corrected chi connectivity index (χ1v) is 15.7. The minimum Gasteiger partial charge on any atom is -0.481 e. The van der Waals surface area contributed by atoms with Gasteiger partial charge in [-0.1, -0.05) is 65.7 Å². The van der Waals surface area contributed by atoms with Crippen LogP contribution in [0.3, 0.4) is 0 Å². The molecular formula is C35H52O5. The number of fused-ring (bicyclic) bond motifs is 7. The molecule has 0 aliphatic heterocycles. The van der Waals surface area contributed by atoms with E-state index in [1.54, 1.807) is 0 Å². The van der Waals surface area contributed by atoms with Gasteiger partial charge < -0.3 is 9.84 Å². The summed E-state index contributed by atoms with van der Waals surface area (Å²) in [5, 5.41) is 10.9. The Kier molecular flexibility index (Phi) is 6.69. The molecule has 5 rings (SSSR count). The lowest BCUT2D eigenvalue weighted by molar-refractivity contribution is -0.205. The molecule has 0 saturated heterocycles. The van der Waals surface area contributed by atoms with Gasteiger partial charge in [-0.15, -0.1) is 0 Å². The molecule has 5 aliphatic rings. The lowest BCUT2D eigenvalue weighted by atomic mass is 9.33. The van der Waals surface area contributed by atoms with Crippen LogP contribution in [-0.4, -0.2) is 28.9 Å². The second kappa shape index (κ2) is 9.04. The number of carbonyl (C=O) groups excluding carboxylic acids is 2. The van der Waals surface area contributed by atoms with Crippen LogP contribution in [0.15, 0.2) is 23.3 Å². The van der Waals surface area contributed by atoms with Gasteiger partial charge in [-0.2, -0.15) is 0 Å². The minimum absolute atomic E-state index is 0.0271. The predicted molar refractivity (Wildman–Crippen MR) is 156 cm³/mol. The van der Waals surface area contributed by atoms with Crippen molar-refractivity contribution in [1.82, 2.24) is 0 Å². The fourth-order valence-electron chi connectivity index (χ4n) is 11.2. The normalized spacial score (nSPS) is 45.0. The fourth-order valence-corrected chi connectivity index (χ4v) is 11.2. The van der Waals surface area contributed by atoms with Crippen molar-refractivity contribution in [3.8, 4) is 0 Å².